The first-order chi connectivity index (χ1) is 11.1. The van der Waals surface area contributed by atoms with Gasteiger partial charge in [-0.1, -0.05) is 48.5 Å². The minimum Gasteiger partial charge on any atom is -0.451 e. The summed E-state index contributed by atoms with van der Waals surface area (Å²) in [5, 5.41) is 4.00. The zero-order valence-electron chi connectivity index (χ0n) is 13.3. The molecule has 3 aromatic rings. The van der Waals surface area contributed by atoms with Crippen LogP contribution in [0.25, 0.3) is 11.0 Å². The largest absolute Gasteiger partial charge is 0.451 e. The van der Waals surface area contributed by atoms with Crippen molar-refractivity contribution in [3.05, 3.63) is 72.0 Å². The Hall–Kier alpha value is -2.59. The number of nitrogens with zero attached hydrogens (tertiary/aromatic N) is 1. The molecule has 1 atom stereocenters. The van der Waals surface area contributed by atoms with Crippen molar-refractivity contribution in [1.82, 2.24) is 10.2 Å². The highest BCUT2D eigenvalue weighted by Gasteiger charge is 2.19. The lowest BCUT2D eigenvalue weighted by molar-refractivity contribution is 0.0904. The van der Waals surface area contributed by atoms with Gasteiger partial charge < -0.3 is 14.6 Å². The van der Waals surface area contributed by atoms with Crippen LogP contribution in [0.4, 0.5) is 0 Å². The monoisotopic (exact) mass is 308 g/mol. The standard InChI is InChI=1S/C19H20N2O2/c1-21(2)13-16(14-8-4-3-5-9-14)20-19(22)18-12-15-10-6-7-11-17(15)23-18/h3-12,16H,13H2,1-2H3,(H,20,22)/t16-/m1/s1. The van der Waals surface area contributed by atoms with Gasteiger partial charge in [0, 0.05) is 11.9 Å². The van der Waals surface area contributed by atoms with Gasteiger partial charge in [0.2, 0.25) is 0 Å². The predicted octanol–water partition coefficient (Wildman–Crippen LogP) is 3.47. The maximum Gasteiger partial charge on any atom is 0.287 e. The first kappa shape index (κ1) is 15.3. The Morgan fingerprint density at radius 1 is 1.09 bits per heavy atom. The van der Waals surface area contributed by atoms with E-state index in [0.717, 1.165) is 23.1 Å². The van der Waals surface area contributed by atoms with E-state index in [2.05, 4.69) is 10.2 Å². The topological polar surface area (TPSA) is 45.5 Å². The van der Waals surface area contributed by atoms with Gasteiger partial charge in [-0.2, -0.15) is 0 Å². The number of rotatable bonds is 5. The normalized spacial score (nSPS) is 12.5. The third-order valence-electron chi connectivity index (χ3n) is 3.70. The first-order valence-electron chi connectivity index (χ1n) is 7.62. The smallest absolute Gasteiger partial charge is 0.287 e. The van der Waals surface area contributed by atoms with Gasteiger partial charge >= 0.3 is 0 Å². The van der Waals surface area contributed by atoms with Gasteiger partial charge in [-0.3, -0.25) is 4.79 Å². The molecule has 0 aliphatic rings. The van der Waals surface area contributed by atoms with Crippen molar-refractivity contribution in [2.45, 2.75) is 6.04 Å². The first-order valence-corrected chi connectivity index (χ1v) is 7.62. The average molecular weight is 308 g/mol. The number of carbonyl (C=O) groups is 1. The lowest BCUT2D eigenvalue weighted by atomic mass is 10.1. The van der Waals surface area contributed by atoms with E-state index in [1.165, 1.54) is 0 Å². The van der Waals surface area contributed by atoms with Gasteiger partial charge in [0.15, 0.2) is 5.76 Å². The van der Waals surface area contributed by atoms with Crippen molar-refractivity contribution >= 4 is 16.9 Å². The van der Waals surface area contributed by atoms with E-state index in [0.29, 0.717) is 5.76 Å². The third-order valence-corrected chi connectivity index (χ3v) is 3.70. The summed E-state index contributed by atoms with van der Waals surface area (Å²) in [5.41, 5.74) is 1.80. The maximum atomic E-state index is 12.6. The highest BCUT2D eigenvalue weighted by atomic mass is 16.3. The number of para-hydroxylation sites is 1. The van der Waals surface area contributed by atoms with E-state index in [1.54, 1.807) is 6.07 Å². The molecule has 1 amide bonds. The summed E-state index contributed by atoms with van der Waals surface area (Å²) in [6.07, 6.45) is 0. The fourth-order valence-corrected chi connectivity index (χ4v) is 2.61. The maximum absolute atomic E-state index is 12.6. The van der Waals surface area contributed by atoms with E-state index >= 15 is 0 Å². The highest BCUT2D eigenvalue weighted by Crippen LogP contribution is 2.20. The van der Waals surface area contributed by atoms with Crippen LogP contribution in [0.1, 0.15) is 22.2 Å². The van der Waals surface area contributed by atoms with Crippen molar-refractivity contribution < 1.29 is 9.21 Å². The molecule has 23 heavy (non-hydrogen) atoms. The summed E-state index contributed by atoms with van der Waals surface area (Å²) in [7, 11) is 3.98. The molecule has 0 saturated carbocycles. The number of fused-ring (bicyclic) bond motifs is 1. The van der Waals surface area contributed by atoms with Gasteiger partial charge in [-0.15, -0.1) is 0 Å². The van der Waals surface area contributed by atoms with E-state index in [9.17, 15) is 4.79 Å². The number of likely N-dealkylation sites (N-methyl/N-ethyl adjacent to an activating group) is 1. The molecule has 0 aliphatic carbocycles. The van der Waals surface area contributed by atoms with Crippen LogP contribution >= 0.6 is 0 Å². The second-order valence-corrected chi connectivity index (χ2v) is 5.85. The minimum atomic E-state index is -0.197. The second kappa shape index (κ2) is 6.67. The van der Waals surface area contributed by atoms with Gasteiger partial charge in [-0.25, -0.2) is 0 Å². The van der Waals surface area contributed by atoms with Crippen molar-refractivity contribution in [3.8, 4) is 0 Å². The number of hydrogen-bond acceptors (Lipinski definition) is 3. The fourth-order valence-electron chi connectivity index (χ4n) is 2.61. The van der Waals surface area contributed by atoms with Crippen molar-refractivity contribution in [2.24, 2.45) is 0 Å². The van der Waals surface area contributed by atoms with Gasteiger partial charge in [0.1, 0.15) is 5.58 Å². The van der Waals surface area contributed by atoms with Crippen molar-refractivity contribution in [2.75, 3.05) is 20.6 Å². The Morgan fingerprint density at radius 2 is 1.78 bits per heavy atom. The van der Waals surface area contributed by atoms with E-state index in [1.807, 2.05) is 68.7 Å². The molecule has 0 saturated heterocycles. The van der Waals surface area contributed by atoms with Crippen LogP contribution in [0.5, 0.6) is 0 Å². The molecule has 0 unspecified atom stereocenters. The fraction of sp³-hybridized carbons (Fsp3) is 0.211. The number of carbonyl (C=O) groups excluding carboxylic acids is 1. The molecule has 0 bridgehead atoms. The van der Waals surface area contributed by atoms with Gasteiger partial charge in [0.05, 0.1) is 6.04 Å². The molecule has 4 nitrogen and oxygen atoms in total. The predicted molar refractivity (Wildman–Crippen MR) is 91.4 cm³/mol. The number of amides is 1. The molecule has 0 radical (unpaired) electrons. The number of benzene rings is 2. The summed E-state index contributed by atoms with van der Waals surface area (Å²) in [4.78, 5) is 14.6. The summed E-state index contributed by atoms with van der Waals surface area (Å²) in [6, 6.07) is 19.3. The summed E-state index contributed by atoms with van der Waals surface area (Å²) >= 11 is 0. The van der Waals surface area contributed by atoms with E-state index < -0.39 is 0 Å². The number of hydrogen-bond donors (Lipinski definition) is 1. The quantitative estimate of drug-likeness (QED) is 0.785. The van der Waals surface area contributed by atoms with Crippen LogP contribution in [0, 0.1) is 0 Å². The van der Waals surface area contributed by atoms with Crippen molar-refractivity contribution in [1.29, 1.82) is 0 Å². The molecule has 1 aromatic heterocycles. The van der Waals surface area contributed by atoms with E-state index in [-0.39, 0.29) is 11.9 Å². The molecule has 2 aromatic carbocycles. The Balaban J connectivity index is 1.82. The lowest BCUT2D eigenvalue weighted by Gasteiger charge is -2.22. The highest BCUT2D eigenvalue weighted by molar-refractivity contribution is 5.96. The summed E-state index contributed by atoms with van der Waals surface area (Å²) in [6.45, 7) is 0.718. The summed E-state index contributed by atoms with van der Waals surface area (Å²) in [5.74, 6) is 0.141. The number of furan rings is 1. The third kappa shape index (κ3) is 3.60. The second-order valence-electron chi connectivity index (χ2n) is 5.85. The number of nitrogens with one attached hydrogen (secondary N) is 1. The van der Waals surface area contributed by atoms with Crippen LogP contribution in [0.15, 0.2) is 65.1 Å². The van der Waals surface area contributed by atoms with Crippen molar-refractivity contribution in [3.63, 3.8) is 0 Å². The molecule has 4 heteroatoms. The minimum absolute atomic E-state index is 0.0908. The lowest BCUT2D eigenvalue weighted by Crippen LogP contribution is -2.35. The van der Waals surface area contributed by atoms with Gasteiger partial charge in [-0.05, 0) is 31.8 Å². The summed E-state index contributed by atoms with van der Waals surface area (Å²) < 4.78 is 5.65. The van der Waals surface area contributed by atoms with E-state index in [4.69, 9.17) is 4.42 Å². The SMILES string of the molecule is CN(C)C[C@@H](NC(=O)c1cc2ccccc2o1)c1ccccc1. The van der Waals surface area contributed by atoms with Gasteiger partial charge in [0.25, 0.3) is 5.91 Å². The Labute approximate surface area is 135 Å². The molecule has 0 fully saturated rings. The molecule has 3 rings (SSSR count). The Bertz CT molecular complexity index is 760. The van der Waals surface area contributed by atoms with Crippen LogP contribution in [-0.4, -0.2) is 31.4 Å². The molecule has 0 aliphatic heterocycles. The molecule has 118 valence electrons. The average Bonchev–Trinajstić information content (AvgIpc) is 2.99. The Morgan fingerprint density at radius 3 is 2.48 bits per heavy atom. The molecule has 1 heterocycles. The molecular formula is C19H20N2O2. The van der Waals surface area contributed by atoms with Crippen LogP contribution in [-0.2, 0) is 0 Å². The zero-order chi connectivity index (χ0) is 16.2. The zero-order valence-corrected chi connectivity index (χ0v) is 13.3. The van der Waals surface area contributed by atoms with Crippen LogP contribution in [0.2, 0.25) is 0 Å². The molecule has 0 spiro atoms. The molecule has 1 N–H and O–H groups in total. The Kier molecular flexibility index (Phi) is 4.44. The van der Waals surface area contributed by atoms with Crippen LogP contribution < -0.4 is 5.32 Å². The van der Waals surface area contributed by atoms with Crippen LogP contribution in [0.3, 0.4) is 0 Å². The molecular weight excluding hydrogens is 288 g/mol.